The zero-order chi connectivity index (χ0) is 12.5. The second kappa shape index (κ2) is 4.90. The molecule has 2 unspecified atom stereocenters. The van der Waals surface area contributed by atoms with Crippen molar-refractivity contribution in [1.29, 1.82) is 0 Å². The van der Waals surface area contributed by atoms with Crippen LogP contribution in [-0.4, -0.2) is 30.6 Å². The monoisotopic (exact) mass is 260 g/mol. The first kappa shape index (κ1) is 12.0. The van der Waals surface area contributed by atoms with Crippen molar-refractivity contribution in [3.63, 3.8) is 0 Å². The minimum atomic E-state index is 0.618. The minimum Gasteiger partial charge on any atom is -0.382 e. The van der Waals surface area contributed by atoms with Crippen LogP contribution in [0.3, 0.4) is 0 Å². The van der Waals surface area contributed by atoms with Crippen molar-refractivity contribution in [3.05, 3.63) is 29.6 Å². The molecule has 0 spiro atoms. The molecule has 3 heteroatoms. The number of fused-ring (bicyclic) bond motifs is 1. The molecule has 1 aromatic heterocycles. The largest absolute Gasteiger partial charge is 0.382 e. The Labute approximate surface area is 113 Å². The quantitative estimate of drug-likeness (QED) is 0.883. The number of nitrogens with zero attached hydrogens (tertiary/aromatic N) is 1. The summed E-state index contributed by atoms with van der Waals surface area (Å²) in [5, 5.41) is 7.20. The molecule has 1 aromatic carbocycles. The van der Waals surface area contributed by atoms with Gasteiger partial charge in [0, 0.05) is 29.0 Å². The van der Waals surface area contributed by atoms with E-state index in [1.54, 1.807) is 0 Å². The van der Waals surface area contributed by atoms with Crippen LogP contribution in [0.4, 0.5) is 5.69 Å². The van der Waals surface area contributed by atoms with Gasteiger partial charge < -0.3 is 10.2 Å². The smallest absolute Gasteiger partial charge is 0.0349 e. The third-order valence-electron chi connectivity index (χ3n) is 4.03. The first-order chi connectivity index (χ1) is 8.72. The summed E-state index contributed by atoms with van der Waals surface area (Å²) in [5.74, 6) is 0. The van der Waals surface area contributed by atoms with Crippen LogP contribution in [0, 0.1) is 0 Å². The van der Waals surface area contributed by atoms with E-state index in [2.05, 4.69) is 53.8 Å². The van der Waals surface area contributed by atoms with Gasteiger partial charge in [0.25, 0.3) is 0 Å². The molecule has 1 fully saturated rings. The van der Waals surface area contributed by atoms with Crippen LogP contribution in [0.25, 0.3) is 10.1 Å². The average molecular weight is 260 g/mol. The minimum absolute atomic E-state index is 0.618. The van der Waals surface area contributed by atoms with E-state index in [1.807, 2.05) is 11.3 Å². The normalized spacial score (nSPS) is 25.4. The van der Waals surface area contributed by atoms with Crippen LogP contribution in [0.5, 0.6) is 0 Å². The Morgan fingerprint density at radius 2 is 2.22 bits per heavy atom. The lowest BCUT2D eigenvalue weighted by atomic mass is 9.98. The molecule has 2 heterocycles. The summed E-state index contributed by atoms with van der Waals surface area (Å²) in [7, 11) is 2.22. The van der Waals surface area contributed by atoms with Gasteiger partial charge in [0.05, 0.1) is 0 Å². The van der Waals surface area contributed by atoms with E-state index in [0.717, 1.165) is 0 Å². The van der Waals surface area contributed by atoms with Crippen molar-refractivity contribution in [2.24, 2.45) is 0 Å². The van der Waals surface area contributed by atoms with Crippen LogP contribution in [-0.2, 0) is 0 Å². The molecular weight excluding hydrogens is 240 g/mol. The van der Waals surface area contributed by atoms with Gasteiger partial charge >= 0.3 is 0 Å². The third kappa shape index (κ3) is 2.38. The van der Waals surface area contributed by atoms with Gasteiger partial charge in [-0.05, 0) is 61.8 Å². The average Bonchev–Trinajstić information content (AvgIpc) is 2.81. The lowest BCUT2D eigenvalue weighted by molar-refractivity contribution is 0.190. The molecule has 18 heavy (non-hydrogen) atoms. The molecule has 0 aliphatic carbocycles. The maximum Gasteiger partial charge on any atom is 0.0349 e. The van der Waals surface area contributed by atoms with Gasteiger partial charge in [-0.3, -0.25) is 0 Å². The Morgan fingerprint density at radius 1 is 1.33 bits per heavy atom. The van der Waals surface area contributed by atoms with Crippen molar-refractivity contribution in [2.75, 3.05) is 18.9 Å². The van der Waals surface area contributed by atoms with Gasteiger partial charge in [-0.25, -0.2) is 0 Å². The molecule has 1 N–H and O–H groups in total. The Kier molecular flexibility index (Phi) is 3.27. The molecule has 0 amide bonds. The molecule has 2 aromatic rings. The number of nitrogens with one attached hydrogen (secondary N) is 1. The standard InChI is InChI=1S/C15H20N2S/c1-11-9-14(5-7-17(11)2)16-13-3-4-15-12(10-13)6-8-18-15/h3-4,6,8,10-11,14,16H,5,7,9H2,1-2H3. The van der Waals surface area contributed by atoms with E-state index < -0.39 is 0 Å². The summed E-state index contributed by atoms with van der Waals surface area (Å²) in [6, 6.07) is 10.2. The Bertz CT molecular complexity index is 534. The van der Waals surface area contributed by atoms with Crippen molar-refractivity contribution in [3.8, 4) is 0 Å². The molecule has 0 saturated carbocycles. The molecule has 2 nitrogen and oxygen atoms in total. The summed E-state index contributed by atoms with van der Waals surface area (Å²) in [4.78, 5) is 2.44. The lowest BCUT2D eigenvalue weighted by Crippen LogP contribution is -2.42. The van der Waals surface area contributed by atoms with Gasteiger partial charge in [0.1, 0.15) is 0 Å². The van der Waals surface area contributed by atoms with Crippen molar-refractivity contribution in [1.82, 2.24) is 4.90 Å². The van der Waals surface area contributed by atoms with E-state index >= 15 is 0 Å². The summed E-state index contributed by atoms with van der Waals surface area (Å²) in [5.41, 5.74) is 1.27. The van der Waals surface area contributed by atoms with E-state index in [1.165, 1.54) is 35.2 Å². The first-order valence-electron chi connectivity index (χ1n) is 6.66. The Hall–Kier alpha value is -1.06. The third-order valence-corrected chi connectivity index (χ3v) is 4.93. The number of anilines is 1. The van der Waals surface area contributed by atoms with Crippen LogP contribution in [0.1, 0.15) is 19.8 Å². The molecular formula is C15H20N2S. The zero-order valence-corrected chi connectivity index (χ0v) is 11.8. The summed E-state index contributed by atoms with van der Waals surface area (Å²) in [6.45, 7) is 3.51. The topological polar surface area (TPSA) is 15.3 Å². The fraction of sp³-hybridized carbons (Fsp3) is 0.467. The maximum atomic E-state index is 3.69. The van der Waals surface area contributed by atoms with Gasteiger partial charge in [0.15, 0.2) is 0 Å². The van der Waals surface area contributed by atoms with Crippen LogP contribution in [0.2, 0.25) is 0 Å². The van der Waals surface area contributed by atoms with E-state index in [-0.39, 0.29) is 0 Å². The van der Waals surface area contributed by atoms with Crippen LogP contribution in [0.15, 0.2) is 29.6 Å². The highest BCUT2D eigenvalue weighted by atomic mass is 32.1. The highest BCUT2D eigenvalue weighted by Gasteiger charge is 2.22. The van der Waals surface area contributed by atoms with Gasteiger partial charge in [-0.2, -0.15) is 0 Å². The molecule has 96 valence electrons. The second-order valence-corrected chi connectivity index (χ2v) is 6.32. The molecule has 2 atom stereocenters. The number of thiophene rings is 1. The molecule has 1 saturated heterocycles. The van der Waals surface area contributed by atoms with E-state index in [4.69, 9.17) is 0 Å². The number of likely N-dealkylation sites (tertiary alicyclic amines) is 1. The molecule has 1 aliphatic rings. The summed E-state index contributed by atoms with van der Waals surface area (Å²) >= 11 is 1.81. The fourth-order valence-electron chi connectivity index (χ4n) is 2.71. The SMILES string of the molecule is CC1CC(Nc2ccc3sccc3c2)CCN1C. The fourth-order valence-corrected chi connectivity index (χ4v) is 3.48. The Balaban J connectivity index is 1.72. The number of rotatable bonds is 2. The van der Waals surface area contributed by atoms with E-state index in [0.29, 0.717) is 12.1 Å². The number of hydrogen-bond donors (Lipinski definition) is 1. The zero-order valence-electron chi connectivity index (χ0n) is 11.0. The maximum absolute atomic E-state index is 3.69. The Morgan fingerprint density at radius 3 is 3.06 bits per heavy atom. The summed E-state index contributed by atoms with van der Waals surface area (Å²) in [6.07, 6.45) is 2.47. The highest BCUT2D eigenvalue weighted by molar-refractivity contribution is 7.17. The highest BCUT2D eigenvalue weighted by Crippen LogP contribution is 2.26. The van der Waals surface area contributed by atoms with Crippen molar-refractivity contribution in [2.45, 2.75) is 31.8 Å². The molecule has 0 radical (unpaired) electrons. The first-order valence-corrected chi connectivity index (χ1v) is 7.54. The molecule has 0 bridgehead atoms. The number of benzene rings is 1. The van der Waals surface area contributed by atoms with Gasteiger partial charge in [-0.15, -0.1) is 11.3 Å². The predicted octanol–water partition coefficient (Wildman–Crippen LogP) is 3.80. The van der Waals surface area contributed by atoms with E-state index in [9.17, 15) is 0 Å². The number of hydrogen-bond acceptors (Lipinski definition) is 3. The second-order valence-electron chi connectivity index (χ2n) is 5.37. The molecule has 1 aliphatic heterocycles. The van der Waals surface area contributed by atoms with Gasteiger partial charge in [-0.1, -0.05) is 0 Å². The van der Waals surface area contributed by atoms with Gasteiger partial charge in [0.2, 0.25) is 0 Å². The molecule has 3 rings (SSSR count). The summed E-state index contributed by atoms with van der Waals surface area (Å²) < 4.78 is 1.37. The van der Waals surface area contributed by atoms with Crippen LogP contribution < -0.4 is 5.32 Å². The lowest BCUT2D eigenvalue weighted by Gasteiger charge is -2.35. The van der Waals surface area contributed by atoms with Crippen molar-refractivity contribution < 1.29 is 0 Å². The van der Waals surface area contributed by atoms with Crippen LogP contribution >= 0.6 is 11.3 Å². The predicted molar refractivity (Wildman–Crippen MR) is 80.6 cm³/mol. The number of piperidine rings is 1. The van der Waals surface area contributed by atoms with Crippen molar-refractivity contribution >= 4 is 27.1 Å².